The van der Waals surface area contributed by atoms with E-state index in [4.69, 9.17) is 32.3 Å². The van der Waals surface area contributed by atoms with E-state index in [0.29, 0.717) is 96.6 Å². The first-order valence-electron chi connectivity index (χ1n) is 49.4. The molecule has 0 aliphatic carbocycles. The van der Waals surface area contributed by atoms with Gasteiger partial charge in [-0.25, -0.2) is 53.9 Å². The predicted octanol–water partition coefficient (Wildman–Crippen LogP) is 11.1. The van der Waals surface area contributed by atoms with E-state index in [1.807, 2.05) is 187 Å². The molecule has 5 aliphatic rings. The topological polar surface area (TPSA) is 420 Å². The third-order valence-corrected chi connectivity index (χ3v) is 27.9. The van der Waals surface area contributed by atoms with Crippen LogP contribution in [0.25, 0.3) is 118 Å². The summed E-state index contributed by atoms with van der Waals surface area (Å²) in [5.41, 5.74) is 28.5. The quantitative estimate of drug-likeness (QED) is 0.0716. The van der Waals surface area contributed by atoms with Gasteiger partial charge in [-0.15, -0.1) is 0 Å². The van der Waals surface area contributed by atoms with Gasteiger partial charge in [0.25, 0.3) is 27.8 Å². The van der Waals surface area contributed by atoms with Crippen LogP contribution >= 0.6 is 11.6 Å². The van der Waals surface area contributed by atoms with Gasteiger partial charge in [-0.3, -0.25) is 70.6 Å². The molecule has 5 fully saturated rings. The number of halogens is 1. The van der Waals surface area contributed by atoms with Crippen LogP contribution < -0.4 is 69.5 Å². The fraction of sp³-hybridized carbons (Fsp3) is 0.343. The Morgan fingerprint density at radius 1 is 0.400 bits per heavy atom. The first-order chi connectivity index (χ1) is 70.1. The minimum absolute atomic E-state index is 0.0884. The van der Waals surface area contributed by atoms with Crippen molar-refractivity contribution in [2.45, 2.75) is 144 Å². The molecule has 1 aromatic carbocycles. The first kappa shape index (κ1) is 95.5. The van der Waals surface area contributed by atoms with Gasteiger partial charge in [0.15, 0.2) is 28.2 Å². The van der Waals surface area contributed by atoms with Crippen molar-refractivity contribution in [2.24, 2.45) is 12.8 Å². The van der Waals surface area contributed by atoms with Gasteiger partial charge in [0, 0.05) is 185 Å². The lowest BCUT2D eigenvalue weighted by atomic mass is 9.91. The average Bonchev–Trinajstić information content (AvgIpc) is 1.73. The van der Waals surface area contributed by atoms with Crippen LogP contribution in [0.4, 0.5) is 17.3 Å². The second kappa shape index (κ2) is 40.3. The number of fused-ring (bicyclic) bond motifs is 10. The third-order valence-electron chi connectivity index (χ3n) is 27.6. The van der Waals surface area contributed by atoms with E-state index in [1.165, 1.54) is 0 Å². The van der Waals surface area contributed by atoms with Gasteiger partial charge in [-0.05, 0) is 200 Å². The number of aryl methyl sites for hydroxylation is 8. The van der Waals surface area contributed by atoms with Crippen LogP contribution in [0.3, 0.4) is 0 Å². The Morgan fingerprint density at radius 2 is 0.897 bits per heavy atom. The number of nitrogens with zero attached hydrogens (tertiary/aromatic N) is 29. The lowest BCUT2D eigenvalue weighted by Crippen LogP contribution is -2.48. The lowest BCUT2D eigenvalue weighted by molar-refractivity contribution is 0.364. The Kier molecular flexibility index (Phi) is 26.5. The zero-order chi connectivity index (χ0) is 100. The molecule has 0 bridgehead atoms. The summed E-state index contributed by atoms with van der Waals surface area (Å²) in [5.74, 6) is 2.41. The van der Waals surface area contributed by atoms with Gasteiger partial charge in [0.05, 0.1) is 150 Å². The second-order valence-corrected chi connectivity index (χ2v) is 39.0. The molecule has 740 valence electrons. The number of hydrogen-bond donors (Lipinski definition) is 5. The number of piperidine rings is 4. The maximum absolute atomic E-state index is 13.1. The molecule has 19 aromatic heterocycles. The summed E-state index contributed by atoms with van der Waals surface area (Å²) in [5, 5.41) is 28.8. The Bertz CT molecular complexity index is 8500. The Labute approximate surface area is 836 Å². The highest BCUT2D eigenvalue weighted by Gasteiger charge is 2.29. The van der Waals surface area contributed by atoms with Crippen molar-refractivity contribution in [2.75, 3.05) is 99.8 Å². The minimum Gasteiger partial charge on any atom is -0.370 e. The summed E-state index contributed by atoms with van der Waals surface area (Å²) in [4.78, 5) is 131. The monoisotopic (exact) mass is 1960 g/mol. The van der Waals surface area contributed by atoms with Crippen LogP contribution in [0.5, 0.6) is 0 Å². The highest BCUT2D eigenvalue weighted by molar-refractivity contribution is 6.33. The molecule has 5 aliphatic heterocycles. The molecular formula is C105H113ClN34O5. The smallest absolute Gasteiger partial charge is 0.258 e. The van der Waals surface area contributed by atoms with Crippen LogP contribution in [0.1, 0.15) is 135 Å². The molecule has 39 nitrogen and oxygen atoms in total. The first-order valence-corrected chi connectivity index (χ1v) is 49.8. The molecule has 0 saturated carbocycles. The number of hydrogen-bond acceptors (Lipinski definition) is 29. The predicted molar refractivity (Wildman–Crippen MR) is 561 cm³/mol. The molecule has 6 N–H and O–H groups in total. The van der Waals surface area contributed by atoms with Crippen LogP contribution in [-0.2, 0) is 7.05 Å². The lowest BCUT2D eigenvalue weighted by Gasteiger charge is -2.38. The SMILES string of the molecule is CCCNC1CCN(c2cn3c(=O)cc(-c4cc5c(C)nc(C)cn5n4)nc3c(C)n2)CC1.Cc1cn2cc(-c3cc(=O)n4cc(C5CCNCC5)ncc4n3)cc(Cl)c2n1.Cc1cn2cc(-c3cc(=O)n4cc(C5CCNCC5)ncc4n3)ccc2n1.Cc1cn2nc(-c3cc(=O)n4cc(N5CCC(C)(N)CC5)ccc4n3)cc2c(C)n1.Cn1cc2cc(-c3cc(=O)n4cc(N5CCNCC5)ncc4n3)ccc2n1. The Morgan fingerprint density at radius 3 is 1.51 bits per heavy atom. The summed E-state index contributed by atoms with van der Waals surface area (Å²) in [6.45, 7) is 30.0. The van der Waals surface area contributed by atoms with E-state index >= 15 is 0 Å². The largest absolute Gasteiger partial charge is 0.370 e. The zero-order valence-corrected chi connectivity index (χ0v) is 83.3. The number of nitrogens with two attached hydrogens (primary N) is 1. The second-order valence-electron chi connectivity index (χ2n) is 38.6. The highest BCUT2D eigenvalue weighted by Crippen LogP contribution is 2.33. The molecule has 5 saturated heterocycles. The fourth-order valence-electron chi connectivity index (χ4n) is 19.8. The maximum Gasteiger partial charge on any atom is 0.258 e. The van der Waals surface area contributed by atoms with Gasteiger partial charge in [-0.2, -0.15) is 15.3 Å². The van der Waals surface area contributed by atoms with E-state index in [9.17, 15) is 24.0 Å². The Hall–Kier alpha value is -15.7. The average molecular weight is 1970 g/mol. The minimum atomic E-state index is -0.135. The van der Waals surface area contributed by atoms with E-state index in [-0.39, 0.29) is 33.3 Å². The summed E-state index contributed by atoms with van der Waals surface area (Å²) in [6.07, 6.45) is 36.9. The molecule has 25 rings (SSSR count). The van der Waals surface area contributed by atoms with Crippen LogP contribution in [-0.4, -0.2) is 221 Å². The third kappa shape index (κ3) is 20.5. The summed E-state index contributed by atoms with van der Waals surface area (Å²) in [7, 11) is 1.89. The molecular weight excluding hydrogens is 1850 g/mol. The number of anilines is 3. The molecule has 145 heavy (non-hydrogen) atoms. The van der Waals surface area contributed by atoms with Crippen LogP contribution in [0.2, 0.25) is 5.02 Å². The van der Waals surface area contributed by atoms with Crippen molar-refractivity contribution in [1.29, 1.82) is 0 Å². The Balaban J connectivity index is 0.000000107. The van der Waals surface area contributed by atoms with Gasteiger partial charge in [-0.1, -0.05) is 24.6 Å². The molecule has 0 amide bonds. The molecule has 0 atom stereocenters. The van der Waals surface area contributed by atoms with Crippen molar-refractivity contribution in [3.63, 3.8) is 0 Å². The maximum atomic E-state index is 13.1. The number of rotatable bonds is 13. The number of imidazole rings is 2. The van der Waals surface area contributed by atoms with Crippen molar-refractivity contribution < 1.29 is 0 Å². The number of nitrogens with one attached hydrogen (secondary N) is 4. The molecule has 20 aromatic rings. The highest BCUT2D eigenvalue weighted by atomic mass is 35.5. The van der Waals surface area contributed by atoms with E-state index < -0.39 is 0 Å². The van der Waals surface area contributed by atoms with Gasteiger partial charge in [0.1, 0.15) is 34.3 Å². The molecule has 24 heterocycles. The van der Waals surface area contributed by atoms with E-state index in [1.54, 1.807) is 96.9 Å². The summed E-state index contributed by atoms with van der Waals surface area (Å²) < 4.78 is 17.1. The number of aromatic nitrogens is 26. The number of pyridine rings is 3. The van der Waals surface area contributed by atoms with Gasteiger partial charge >= 0.3 is 0 Å². The molecule has 0 radical (unpaired) electrons. The number of benzene rings is 1. The molecule has 0 unspecified atom stereocenters. The van der Waals surface area contributed by atoms with Crippen LogP contribution in [0, 0.1) is 48.5 Å². The van der Waals surface area contributed by atoms with Crippen molar-refractivity contribution in [3.05, 3.63) is 292 Å². The summed E-state index contributed by atoms with van der Waals surface area (Å²) in [6, 6.07) is 27.7. The van der Waals surface area contributed by atoms with E-state index in [0.717, 1.165) is 256 Å². The molecule has 40 heteroatoms. The zero-order valence-electron chi connectivity index (χ0n) is 82.6. The summed E-state index contributed by atoms with van der Waals surface area (Å²) >= 11 is 6.38. The van der Waals surface area contributed by atoms with Gasteiger partial charge in [0.2, 0.25) is 0 Å². The van der Waals surface area contributed by atoms with Crippen LogP contribution in [0.15, 0.2) is 208 Å². The fourth-order valence-corrected chi connectivity index (χ4v) is 20.1. The van der Waals surface area contributed by atoms with Crippen molar-refractivity contribution in [3.8, 4) is 56.5 Å². The van der Waals surface area contributed by atoms with E-state index in [2.05, 4.69) is 115 Å². The normalized spacial score (nSPS) is 15.5. The van der Waals surface area contributed by atoms with Gasteiger partial charge < -0.3 is 50.5 Å². The van der Waals surface area contributed by atoms with Crippen molar-refractivity contribution >= 4 is 90.4 Å². The number of piperazine rings is 1. The van der Waals surface area contributed by atoms with Crippen molar-refractivity contribution in [1.82, 2.24) is 146 Å². The standard InChI is InChI=1S/C24H30N8O.C22H25N7O.C20H19ClN6O.C20H20N6O.C19H19N7O/c1-5-8-25-18-6-9-30(10-7-18)22-14-31-23(33)12-19(28-24(31)17(4)27-22)20-11-21-16(3)26-15(2)13-32(21)29-20;1-14-12-29-19(15(2)24-14)10-18(26-29)17-11-21(30)28-13-16(4-5-20(28)25-17)27-8-6-22(3,23)7-9-27;1-12-9-26-10-14(6-15(21)20(26)24-12)16-7-19(28)27-11-17(23-8-18(27)25-16)13-2-4-22-5-3-13;1-13-10-25-11-15(2-3-18(25)23-13)16-8-20(27)26-12-17(22-9-19(26)24-16)14-4-6-21-7-5-14;1-24-11-14-8-13(2-3-15(14)23-24)16-9-19(27)26-12-18(21-10-17(26)22-16)25-6-4-20-5-7-25/h11-14,18,25H,5-10H2,1-4H3;4-5,10-13H,6-9,23H2,1-3H3;6-11,13,22H,2-5H2,1H3;2-3,8-12,14,21H,4-7H2,1H3;2-3,8-12,20H,4-7H2,1H3. The molecule has 0 spiro atoms.